The number of hydrogen-bond donors (Lipinski definition) is 1. The monoisotopic (exact) mass is 307 g/mol. The number of aromatic nitrogens is 2. The SMILES string of the molecule is O=C1CCC(n2cnc(Cl)c2Cl)=C(c2ccccc2)N1. The fourth-order valence-electron chi connectivity index (χ4n) is 2.22. The zero-order chi connectivity index (χ0) is 14.1. The van der Waals surface area contributed by atoms with Gasteiger partial charge in [-0.25, -0.2) is 4.98 Å². The zero-order valence-corrected chi connectivity index (χ0v) is 11.9. The first kappa shape index (κ1) is 13.2. The van der Waals surface area contributed by atoms with Gasteiger partial charge in [-0.05, 0) is 12.0 Å². The van der Waals surface area contributed by atoms with E-state index >= 15 is 0 Å². The number of amides is 1. The third kappa shape index (κ3) is 2.32. The number of hydrogen-bond acceptors (Lipinski definition) is 2. The lowest BCUT2D eigenvalue weighted by atomic mass is 10.0. The predicted molar refractivity (Wildman–Crippen MR) is 79.2 cm³/mol. The molecule has 102 valence electrons. The highest BCUT2D eigenvalue weighted by atomic mass is 35.5. The lowest BCUT2D eigenvalue weighted by Crippen LogP contribution is -2.28. The maximum absolute atomic E-state index is 11.7. The molecule has 4 nitrogen and oxygen atoms in total. The van der Waals surface area contributed by atoms with Crippen LogP contribution in [0, 0.1) is 0 Å². The van der Waals surface area contributed by atoms with Crippen LogP contribution in [0.2, 0.25) is 10.3 Å². The van der Waals surface area contributed by atoms with E-state index in [1.807, 2.05) is 30.3 Å². The Hall–Kier alpha value is -1.78. The summed E-state index contributed by atoms with van der Waals surface area (Å²) in [5.74, 6) is -0.00469. The number of nitrogens with one attached hydrogen (secondary N) is 1. The average Bonchev–Trinajstić information content (AvgIpc) is 2.80. The van der Waals surface area contributed by atoms with Crippen LogP contribution in [0.4, 0.5) is 0 Å². The second kappa shape index (κ2) is 5.31. The number of halogens is 2. The Kier molecular flexibility index (Phi) is 3.51. The molecule has 1 aliphatic rings. The summed E-state index contributed by atoms with van der Waals surface area (Å²) in [7, 11) is 0. The van der Waals surface area contributed by atoms with Crippen molar-refractivity contribution in [3.05, 3.63) is 52.5 Å². The van der Waals surface area contributed by atoms with Gasteiger partial charge >= 0.3 is 0 Å². The first-order valence-electron chi connectivity index (χ1n) is 6.14. The minimum absolute atomic E-state index is 0.00469. The van der Waals surface area contributed by atoms with Gasteiger partial charge in [-0.2, -0.15) is 0 Å². The van der Waals surface area contributed by atoms with Crippen molar-refractivity contribution >= 4 is 40.5 Å². The predicted octanol–water partition coefficient (Wildman–Crippen LogP) is 3.43. The van der Waals surface area contributed by atoms with Gasteiger partial charge in [-0.15, -0.1) is 0 Å². The second-order valence-corrected chi connectivity index (χ2v) is 5.15. The van der Waals surface area contributed by atoms with Crippen molar-refractivity contribution in [2.45, 2.75) is 12.8 Å². The van der Waals surface area contributed by atoms with E-state index in [2.05, 4.69) is 10.3 Å². The van der Waals surface area contributed by atoms with Crippen molar-refractivity contribution < 1.29 is 4.79 Å². The summed E-state index contributed by atoms with van der Waals surface area (Å²) in [6.45, 7) is 0. The molecular weight excluding hydrogens is 297 g/mol. The molecule has 0 spiro atoms. The Morgan fingerprint density at radius 3 is 2.55 bits per heavy atom. The first-order valence-corrected chi connectivity index (χ1v) is 6.89. The molecule has 0 aliphatic carbocycles. The van der Waals surface area contributed by atoms with Crippen LogP contribution in [0.5, 0.6) is 0 Å². The summed E-state index contributed by atoms with van der Waals surface area (Å²) >= 11 is 12.1. The molecule has 20 heavy (non-hydrogen) atoms. The minimum Gasteiger partial charge on any atom is -0.324 e. The largest absolute Gasteiger partial charge is 0.324 e. The van der Waals surface area contributed by atoms with Crippen molar-refractivity contribution in [3.8, 4) is 0 Å². The van der Waals surface area contributed by atoms with Crippen LogP contribution in [0.25, 0.3) is 11.4 Å². The maximum atomic E-state index is 11.7. The normalized spacial score (nSPS) is 15.4. The molecule has 1 aliphatic heterocycles. The van der Waals surface area contributed by atoms with E-state index in [4.69, 9.17) is 23.2 Å². The van der Waals surface area contributed by atoms with Crippen LogP contribution in [0.15, 0.2) is 36.7 Å². The van der Waals surface area contributed by atoms with Gasteiger partial charge < -0.3 is 5.32 Å². The van der Waals surface area contributed by atoms with Gasteiger partial charge in [0, 0.05) is 12.1 Å². The third-order valence-corrected chi connectivity index (χ3v) is 3.90. The molecule has 1 N–H and O–H groups in total. The molecule has 2 heterocycles. The van der Waals surface area contributed by atoms with Crippen molar-refractivity contribution in [1.29, 1.82) is 0 Å². The molecule has 0 fully saturated rings. The van der Waals surface area contributed by atoms with Gasteiger partial charge in [0.1, 0.15) is 6.33 Å². The van der Waals surface area contributed by atoms with Gasteiger partial charge in [-0.1, -0.05) is 53.5 Å². The fourth-order valence-corrected chi connectivity index (χ4v) is 2.54. The summed E-state index contributed by atoms with van der Waals surface area (Å²) in [6.07, 6.45) is 2.57. The number of nitrogens with zero attached hydrogens (tertiary/aromatic N) is 2. The van der Waals surface area contributed by atoms with E-state index in [0.717, 1.165) is 17.0 Å². The summed E-state index contributed by atoms with van der Waals surface area (Å²) in [6, 6.07) is 9.64. The van der Waals surface area contributed by atoms with Crippen LogP contribution in [0.3, 0.4) is 0 Å². The number of imidazole rings is 1. The molecule has 0 bridgehead atoms. The number of rotatable bonds is 2. The smallest absolute Gasteiger partial charge is 0.224 e. The molecular formula is C14H11Cl2N3O. The molecule has 6 heteroatoms. The fraction of sp³-hybridized carbons (Fsp3) is 0.143. The molecule has 0 unspecified atom stereocenters. The van der Waals surface area contributed by atoms with Gasteiger partial charge in [0.05, 0.1) is 5.70 Å². The van der Waals surface area contributed by atoms with Crippen LogP contribution in [0.1, 0.15) is 18.4 Å². The summed E-state index contributed by atoms with van der Waals surface area (Å²) in [5.41, 5.74) is 2.56. The standard InChI is InChI=1S/C14H11Cl2N3O/c15-13-14(16)19(8-17-13)10-6-7-11(20)18-12(10)9-4-2-1-3-5-9/h1-5,8H,6-7H2,(H,18,20). The summed E-state index contributed by atoms with van der Waals surface area (Å²) in [5, 5.41) is 3.51. The minimum atomic E-state index is -0.00469. The van der Waals surface area contributed by atoms with Gasteiger partial charge in [0.25, 0.3) is 0 Å². The highest BCUT2D eigenvalue weighted by Gasteiger charge is 2.22. The molecule has 0 saturated heterocycles. The topological polar surface area (TPSA) is 46.9 Å². The van der Waals surface area contributed by atoms with E-state index < -0.39 is 0 Å². The third-order valence-electron chi connectivity index (χ3n) is 3.16. The molecule has 0 atom stereocenters. The summed E-state index contributed by atoms with van der Waals surface area (Å²) < 4.78 is 1.71. The van der Waals surface area contributed by atoms with E-state index in [9.17, 15) is 4.79 Å². The molecule has 1 amide bonds. The van der Waals surface area contributed by atoms with Crippen molar-refractivity contribution in [1.82, 2.24) is 14.9 Å². The highest BCUT2D eigenvalue weighted by molar-refractivity contribution is 6.40. The Morgan fingerprint density at radius 1 is 1.15 bits per heavy atom. The Bertz CT molecular complexity index is 692. The Morgan fingerprint density at radius 2 is 1.90 bits per heavy atom. The quantitative estimate of drug-likeness (QED) is 0.924. The molecule has 0 saturated carbocycles. The lowest BCUT2D eigenvalue weighted by Gasteiger charge is -2.22. The molecule has 2 aromatic rings. The lowest BCUT2D eigenvalue weighted by molar-refractivity contribution is -0.120. The van der Waals surface area contributed by atoms with Crippen molar-refractivity contribution in [2.75, 3.05) is 0 Å². The second-order valence-electron chi connectivity index (χ2n) is 4.43. The van der Waals surface area contributed by atoms with E-state index in [-0.39, 0.29) is 11.1 Å². The Balaban J connectivity index is 2.17. The van der Waals surface area contributed by atoms with E-state index in [1.165, 1.54) is 0 Å². The zero-order valence-electron chi connectivity index (χ0n) is 10.4. The number of carbonyl (C=O) groups excluding carboxylic acids is 1. The Labute approximate surface area is 126 Å². The molecule has 3 rings (SSSR count). The highest BCUT2D eigenvalue weighted by Crippen LogP contribution is 2.32. The molecule has 1 aromatic heterocycles. The van der Waals surface area contributed by atoms with E-state index in [1.54, 1.807) is 10.9 Å². The summed E-state index contributed by atoms with van der Waals surface area (Å²) in [4.78, 5) is 15.7. The number of benzene rings is 1. The van der Waals surface area contributed by atoms with E-state index in [0.29, 0.717) is 18.0 Å². The van der Waals surface area contributed by atoms with Crippen LogP contribution in [-0.4, -0.2) is 15.5 Å². The van der Waals surface area contributed by atoms with Gasteiger partial charge in [0.2, 0.25) is 5.91 Å². The molecule has 1 aromatic carbocycles. The van der Waals surface area contributed by atoms with Crippen LogP contribution in [-0.2, 0) is 4.79 Å². The maximum Gasteiger partial charge on any atom is 0.224 e. The first-order chi connectivity index (χ1) is 9.66. The van der Waals surface area contributed by atoms with Crippen molar-refractivity contribution in [3.63, 3.8) is 0 Å². The van der Waals surface area contributed by atoms with Gasteiger partial charge in [0.15, 0.2) is 10.3 Å². The average molecular weight is 308 g/mol. The molecule has 0 radical (unpaired) electrons. The number of carbonyl (C=O) groups is 1. The van der Waals surface area contributed by atoms with Crippen molar-refractivity contribution in [2.24, 2.45) is 0 Å². The van der Waals surface area contributed by atoms with Gasteiger partial charge in [-0.3, -0.25) is 9.36 Å². The number of allylic oxidation sites excluding steroid dienone is 1. The van der Waals surface area contributed by atoms with Crippen LogP contribution >= 0.6 is 23.2 Å². The van der Waals surface area contributed by atoms with Crippen LogP contribution < -0.4 is 5.32 Å².